The maximum Gasteiger partial charge on any atom is 0.261 e. The topological polar surface area (TPSA) is 37.4 Å². The van der Waals surface area contributed by atoms with Gasteiger partial charge < -0.3 is 0 Å². The average molecular weight is 323 g/mol. The van der Waals surface area contributed by atoms with E-state index in [1.165, 1.54) is 4.90 Å². The van der Waals surface area contributed by atoms with Gasteiger partial charge in [0.2, 0.25) is 5.91 Å². The molecule has 0 fully saturated rings. The van der Waals surface area contributed by atoms with Crippen LogP contribution in [0.5, 0.6) is 0 Å². The van der Waals surface area contributed by atoms with Crippen molar-refractivity contribution in [2.75, 3.05) is 6.54 Å². The smallest absolute Gasteiger partial charge is 0.261 e. The molecule has 3 heteroatoms. The lowest BCUT2D eigenvalue weighted by Gasteiger charge is -2.30. The summed E-state index contributed by atoms with van der Waals surface area (Å²) in [5, 5.41) is 2.01. The van der Waals surface area contributed by atoms with E-state index >= 15 is 0 Å². The molecule has 0 saturated carbocycles. The zero-order valence-electron chi connectivity index (χ0n) is 14.5. The van der Waals surface area contributed by atoms with Crippen LogP contribution < -0.4 is 0 Å². The molecule has 0 spiro atoms. The standard InChI is InChI=1S/C21H25NO2/c1-3-5-8-15(4-2)14-22-19(23)13-17-12-11-16-9-6-7-10-18(16)20(17)21(22)24/h6-7,9-12,15H,3-5,8,13-14H2,1-2H3. The lowest BCUT2D eigenvalue weighted by atomic mass is 9.91. The summed E-state index contributed by atoms with van der Waals surface area (Å²) in [5.41, 5.74) is 1.58. The zero-order chi connectivity index (χ0) is 17.1. The number of benzene rings is 2. The zero-order valence-corrected chi connectivity index (χ0v) is 14.5. The number of hydrogen-bond donors (Lipinski definition) is 0. The van der Waals surface area contributed by atoms with Crippen molar-refractivity contribution in [2.24, 2.45) is 5.92 Å². The van der Waals surface area contributed by atoms with Gasteiger partial charge in [0.1, 0.15) is 0 Å². The highest BCUT2D eigenvalue weighted by Gasteiger charge is 2.33. The summed E-state index contributed by atoms with van der Waals surface area (Å²) in [7, 11) is 0. The number of amides is 2. The summed E-state index contributed by atoms with van der Waals surface area (Å²) in [6.07, 6.45) is 4.70. The number of imide groups is 1. The Kier molecular flexibility index (Phi) is 4.98. The fourth-order valence-electron chi connectivity index (χ4n) is 3.58. The molecule has 24 heavy (non-hydrogen) atoms. The quantitative estimate of drug-likeness (QED) is 0.730. The van der Waals surface area contributed by atoms with E-state index in [4.69, 9.17) is 0 Å². The summed E-state index contributed by atoms with van der Waals surface area (Å²) >= 11 is 0. The molecule has 3 rings (SSSR count). The minimum Gasteiger partial charge on any atom is -0.278 e. The van der Waals surface area contributed by atoms with E-state index in [1.807, 2.05) is 36.4 Å². The maximum absolute atomic E-state index is 13.1. The fraction of sp³-hybridized carbons (Fsp3) is 0.429. The molecular weight excluding hydrogens is 298 g/mol. The van der Waals surface area contributed by atoms with Crippen molar-refractivity contribution in [1.29, 1.82) is 0 Å². The van der Waals surface area contributed by atoms with Gasteiger partial charge in [-0.25, -0.2) is 0 Å². The number of rotatable bonds is 6. The second kappa shape index (κ2) is 7.16. The molecule has 1 heterocycles. The summed E-state index contributed by atoms with van der Waals surface area (Å²) in [6.45, 7) is 4.87. The van der Waals surface area contributed by atoms with Crippen LogP contribution in [0.2, 0.25) is 0 Å². The molecule has 2 aromatic carbocycles. The van der Waals surface area contributed by atoms with Crippen molar-refractivity contribution >= 4 is 22.6 Å². The number of nitrogens with zero attached hydrogens (tertiary/aromatic N) is 1. The fourth-order valence-corrected chi connectivity index (χ4v) is 3.58. The highest BCUT2D eigenvalue weighted by molar-refractivity contribution is 6.16. The van der Waals surface area contributed by atoms with Crippen LogP contribution >= 0.6 is 0 Å². The first-order chi connectivity index (χ1) is 11.7. The molecule has 3 nitrogen and oxygen atoms in total. The predicted octanol–water partition coefficient (Wildman–Crippen LogP) is 4.58. The SMILES string of the molecule is CCCCC(CC)CN1C(=O)Cc2ccc3ccccc3c2C1=O. The minimum absolute atomic E-state index is 0.0577. The van der Waals surface area contributed by atoms with E-state index in [1.54, 1.807) is 0 Å². The first kappa shape index (κ1) is 16.7. The van der Waals surface area contributed by atoms with E-state index in [2.05, 4.69) is 13.8 Å². The monoisotopic (exact) mass is 323 g/mol. The number of hydrogen-bond acceptors (Lipinski definition) is 2. The van der Waals surface area contributed by atoms with E-state index in [0.717, 1.165) is 47.6 Å². The minimum atomic E-state index is -0.118. The van der Waals surface area contributed by atoms with Crippen LogP contribution in [-0.4, -0.2) is 23.3 Å². The normalized spacial score (nSPS) is 15.7. The molecule has 0 N–H and O–H groups in total. The summed E-state index contributed by atoms with van der Waals surface area (Å²) < 4.78 is 0. The number of carbonyl (C=O) groups excluding carboxylic acids is 2. The third-order valence-electron chi connectivity index (χ3n) is 5.10. The summed E-state index contributed by atoms with van der Waals surface area (Å²) in [5.74, 6) is 0.222. The van der Waals surface area contributed by atoms with Gasteiger partial charge in [-0.3, -0.25) is 14.5 Å². The Hall–Kier alpha value is -2.16. The molecule has 2 aromatic rings. The maximum atomic E-state index is 13.1. The van der Waals surface area contributed by atoms with E-state index in [-0.39, 0.29) is 11.8 Å². The Bertz CT molecular complexity index is 766. The molecular formula is C21H25NO2. The lowest BCUT2D eigenvalue weighted by molar-refractivity contribution is -0.128. The highest BCUT2D eigenvalue weighted by atomic mass is 16.2. The van der Waals surface area contributed by atoms with Gasteiger partial charge in [-0.05, 0) is 28.7 Å². The predicted molar refractivity (Wildman–Crippen MR) is 97.0 cm³/mol. The van der Waals surface area contributed by atoms with Gasteiger partial charge in [-0.2, -0.15) is 0 Å². The van der Waals surface area contributed by atoms with Crippen LogP contribution in [0.25, 0.3) is 10.8 Å². The van der Waals surface area contributed by atoms with Crippen LogP contribution in [0.4, 0.5) is 0 Å². The molecule has 1 aliphatic rings. The molecule has 0 bridgehead atoms. The van der Waals surface area contributed by atoms with Gasteiger partial charge >= 0.3 is 0 Å². The van der Waals surface area contributed by atoms with Crippen LogP contribution in [0.1, 0.15) is 55.5 Å². The van der Waals surface area contributed by atoms with Crippen LogP contribution in [0.3, 0.4) is 0 Å². The molecule has 0 saturated heterocycles. The Balaban J connectivity index is 1.94. The van der Waals surface area contributed by atoms with Crippen molar-refractivity contribution in [3.63, 3.8) is 0 Å². The van der Waals surface area contributed by atoms with Gasteiger partial charge in [0, 0.05) is 6.54 Å². The third kappa shape index (κ3) is 3.08. The van der Waals surface area contributed by atoms with Gasteiger partial charge in [0.25, 0.3) is 5.91 Å². The molecule has 0 aromatic heterocycles. The van der Waals surface area contributed by atoms with Crippen LogP contribution in [0.15, 0.2) is 36.4 Å². The molecule has 2 amide bonds. The Morgan fingerprint density at radius 3 is 2.62 bits per heavy atom. The van der Waals surface area contributed by atoms with Crippen molar-refractivity contribution < 1.29 is 9.59 Å². The van der Waals surface area contributed by atoms with Crippen LogP contribution in [-0.2, 0) is 11.2 Å². The van der Waals surface area contributed by atoms with Gasteiger partial charge in [0.05, 0.1) is 12.0 Å². The summed E-state index contributed by atoms with van der Waals surface area (Å²) in [4.78, 5) is 27.1. The number of unbranched alkanes of at least 4 members (excludes halogenated alkanes) is 1. The van der Waals surface area contributed by atoms with E-state index < -0.39 is 0 Å². The van der Waals surface area contributed by atoms with Crippen molar-refractivity contribution in [3.8, 4) is 0 Å². The Labute approximate surface area is 143 Å². The number of fused-ring (bicyclic) bond motifs is 3. The van der Waals surface area contributed by atoms with Crippen LogP contribution in [0, 0.1) is 5.92 Å². The Morgan fingerprint density at radius 2 is 1.88 bits per heavy atom. The number of carbonyl (C=O) groups is 2. The molecule has 0 radical (unpaired) electrons. The van der Waals surface area contributed by atoms with Gasteiger partial charge in [-0.1, -0.05) is 69.5 Å². The highest BCUT2D eigenvalue weighted by Crippen LogP contribution is 2.29. The van der Waals surface area contributed by atoms with Gasteiger partial charge in [-0.15, -0.1) is 0 Å². The first-order valence-electron chi connectivity index (χ1n) is 9.01. The Morgan fingerprint density at radius 1 is 1.08 bits per heavy atom. The third-order valence-corrected chi connectivity index (χ3v) is 5.10. The largest absolute Gasteiger partial charge is 0.278 e. The average Bonchev–Trinajstić information content (AvgIpc) is 2.60. The lowest BCUT2D eigenvalue weighted by Crippen LogP contribution is -2.44. The molecule has 126 valence electrons. The van der Waals surface area contributed by atoms with E-state index in [9.17, 15) is 9.59 Å². The molecule has 0 aliphatic carbocycles. The molecule has 1 unspecified atom stereocenters. The van der Waals surface area contributed by atoms with Crippen molar-refractivity contribution in [3.05, 3.63) is 47.5 Å². The molecule has 1 aliphatic heterocycles. The van der Waals surface area contributed by atoms with Crippen molar-refractivity contribution in [1.82, 2.24) is 4.90 Å². The van der Waals surface area contributed by atoms with E-state index in [0.29, 0.717) is 18.9 Å². The van der Waals surface area contributed by atoms with Gasteiger partial charge in [0.15, 0.2) is 0 Å². The summed E-state index contributed by atoms with van der Waals surface area (Å²) in [6, 6.07) is 11.9. The van der Waals surface area contributed by atoms with Crippen molar-refractivity contribution in [2.45, 2.75) is 46.0 Å². The second-order valence-electron chi connectivity index (χ2n) is 6.72. The second-order valence-corrected chi connectivity index (χ2v) is 6.72. The first-order valence-corrected chi connectivity index (χ1v) is 9.01. The molecule has 1 atom stereocenters.